The van der Waals surface area contributed by atoms with Gasteiger partial charge in [0, 0.05) is 30.3 Å². The van der Waals surface area contributed by atoms with Crippen LogP contribution in [0.2, 0.25) is 0 Å². The SMILES string of the molecule is CC1(NC[C@H](O)COc2cccc3[nH]ccc23)CCCO1. The van der Waals surface area contributed by atoms with Crippen molar-refractivity contribution in [2.75, 3.05) is 19.8 Å². The van der Waals surface area contributed by atoms with Crippen molar-refractivity contribution in [1.82, 2.24) is 10.3 Å². The summed E-state index contributed by atoms with van der Waals surface area (Å²) in [7, 11) is 0. The summed E-state index contributed by atoms with van der Waals surface area (Å²) < 4.78 is 11.4. The van der Waals surface area contributed by atoms with E-state index in [1.165, 1.54) is 0 Å². The standard InChI is InChI=1S/C16H22N2O3/c1-16(7-3-9-21-16)18-10-12(19)11-20-15-5-2-4-14-13(15)6-8-17-14/h2,4-6,8,12,17-19H,3,7,9-11H2,1H3/t12-,16?/m0/s1. The highest BCUT2D eigenvalue weighted by molar-refractivity contribution is 5.85. The average Bonchev–Trinajstić information content (AvgIpc) is 3.12. The highest BCUT2D eigenvalue weighted by Gasteiger charge is 2.29. The van der Waals surface area contributed by atoms with Gasteiger partial charge in [-0.1, -0.05) is 6.07 Å². The van der Waals surface area contributed by atoms with Crippen LogP contribution in [-0.2, 0) is 4.74 Å². The van der Waals surface area contributed by atoms with Gasteiger partial charge in [0.1, 0.15) is 24.2 Å². The molecule has 1 fully saturated rings. The second-order valence-electron chi connectivity index (χ2n) is 5.72. The summed E-state index contributed by atoms with van der Waals surface area (Å²) in [6, 6.07) is 7.82. The fourth-order valence-corrected chi connectivity index (χ4v) is 2.68. The van der Waals surface area contributed by atoms with E-state index in [2.05, 4.69) is 10.3 Å². The highest BCUT2D eigenvalue weighted by atomic mass is 16.5. The molecular formula is C16H22N2O3. The number of rotatable bonds is 6. The third-order valence-electron chi connectivity index (χ3n) is 3.92. The topological polar surface area (TPSA) is 66.5 Å². The van der Waals surface area contributed by atoms with Crippen molar-refractivity contribution >= 4 is 10.9 Å². The monoisotopic (exact) mass is 290 g/mol. The zero-order valence-electron chi connectivity index (χ0n) is 12.3. The fraction of sp³-hybridized carbons (Fsp3) is 0.500. The van der Waals surface area contributed by atoms with Crippen LogP contribution >= 0.6 is 0 Å². The number of benzene rings is 1. The molecule has 1 aromatic carbocycles. The van der Waals surface area contributed by atoms with E-state index >= 15 is 0 Å². The second-order valence-corrected chi connectivity index (χ2v) is 5.72. The Labute approximate surface area is 124 Å². The predicted molar refractivity (Wildman–Crippen MR) is 81.4 cm³/mol. The van der Waals surface area contributed by atoms with Crippen molar-refractivity contribution in [1.29, 1.82) is 0 Å². The number of hydrogen-bond donors (Lipinski definition) is 3. The minimum atomic E-state index is -0.569. The first-order chi connectivity index (χ1) is 10.2. The van der Waals surface area contributed by atoms with Crippen LogP contribution in [0.25, 0.3) is 10.9 Å². The molecular weight excluding hydrogens is 268 g/mol. The van der Waals surface area contributed by atoms with Gasteiger partial charge < -0.3 is 19.6 Å². The Morgan fingerprint density at radius 3 is 3.19 bits per heavy atom. The number of hydrogen-bond acceptors (Lipinski definition) is 4. The molecule has 3 rings (SSSR count). The van der Waals surface area contributed by atoms with Crippen LogP contribution in [0.15, 0.2) is 30.5 Å². The molecule has 5 nitrogen and oxygen atoms in total. The summed E-state index contributed by atoms with van der Waals surface area (Å²) in [5.41, 5.74) is 0.730. The highest BCUT2D eigenvalue weighted by Crippen LogP contribution is 2.25. The Bertz CT molecular complexity index is 590. The largest absolute Gasteiger partial charge is 0.490 e. The maximum absolute atomic E-state index is 10.1. The maximum Gasteiger partial charge on any atom is 0.128 e. The molecule has 2 heterocycles. The van der Waals surface area contributed by atoms with Gasteiger partial charge in [0.2, 0.25) is 0 Å². The average molecular weight is 290 g/mol. The number of aliphatic hydroxyl groups excluding tert-OH is 1. The summed E-state index contributed by atoms with van der Waals surface area (Å²) in [4.78, 5) is 3.14. The lowest BCUT2D eigenvalue weighted by Gasteiger charge is -2.26. The molecule has 0 saturated carbocycles. The number of aromatic nitrogens is 1. The number of aliphatic hydroxyl groups is 1. The molecule has 114 valence electrons. The zero-order chi connectivity index (χ0) is 14.7. The minimum absolute atomic E-state index is 0.257. The number of H-pyrrole nitrogens is 1. The van der Waals surface area contributed by atoms with Gasteiger partial charge in [0.05, 0.1) is 0 Å². The molecule has 3 N–H and O–H groups in total. The Kier molecular flexibility index (Phi) is 4.14. The third kappa shape index (κ3) is 3.37. The number of ether oxygens (including phenoxy) is 2. The van der Waals surface area contributed by atoms with Crippen molar-refractivity contribution in [2.45, 2.75) is 31.6 Å². The molecule has 1 aromatic heterocycles. The van der Waals surface area contributed by atoms with Gasteiger partial charge in [-0.05, 0) is 38.0 Å². The Morgan fingerprint density at radius 1 is 1.48 bits per heavy atom. The molecule has 0 bridgehead atoms. The van der Waals surface area contributed by atoms with Crippen molar-refractivity contribution < 1.29 is 14.6 Å². The second kappa shape index (κ2) is 6.05. The van der Waals surface area contributed by atoms with Crippen LogP contribution in [0, 0.1) is 0 Å². The maximum atomic E-state index is 10.1. The molecule has 5 heteroatoms. The Morgan fingerprint density at radius 2 is 2.38 bits per heavy atom. The molecule has 1 saturated heterocycles. The molecule has 0 spiro atoms. The van der Waals surface area contributed by atoms with E-state index in [-0.39, 0.29) is 12.3 Å². The molecule has 0 radical (unpaired) electrons. The summed E-state index contributed by atoms with van der Waals surface area (Å²) in [6.07, 6.45) is 3.35. The lowest BCUT2D eigenvalue weighted by Crippen LogP contribution is -2.46. The first-order valence-electron chi connectivity index (χ1n) is 7.42. The van der Waals surface area contributed by atoms with Crippen molar-refractivity contribution in [3.8, 4) is 5.75 Å². The quantitative estimate of drug-likeness (QED) is 0.761. The molecule has 0 amide bonds. The zero-order valence-corrected chi connectivity index (χ0v) is 12.3. The first kappa shape index (κ1) is 14.4. The first-order valence-corrected chi connectivity index (χ1v) is 7.42. The van der Waals surface area contributed by atoms with Crippen LogP contribution in [0.4, 0.5) is 0 Å². The summed E-state index contributed by atoms with van der Waals surface area (Å²) in [5.74, 6) is 0.788. The van der Waals surface area contributed by atoms with Crippen molar-refractivity contribution in [3.63, 3.8) is 0 Å². The van der Waals surface area contributed by atoms with Crippen LogP contribution < -0.4 is 10.1 Å². The molecule has 2 atom stereocenters. The van der Waals surface area contributed by atoms with Gasteiger partial charge in [0.15, 0.2) is 0 Å². The van der Waals surface area contributed by atoms with E-state index < -0.39 is 6.10 Å². The molecule has 21 heavy (non-hydrogen) atoms. The molecule has 1 aliphatic heterocycles. The lowest BCUT2D eigenvalue weighted by molar-refractivity contribution is -0.0207. The van der Waals surface area contributed by atoms with Crippen molar-refractivity contribution in [3.05, 3.63) is 30.5 Å². The van der Waals surface area contributed by atoms with E-state index in [4.69, 9.17) is 9.47 Å². The lowest BCUT2D eigenvalue weighted by atomic mass is 10.1. The van der Waals surface area contributed by atoms with Crippen LogP contribution in [0.3, 0.4) is 0 Å². The van der Waals surface area contributed by atoms with Gasteiger partial charge in [0.25, 0.3) is 0 Å². The van der Waals surface area contributed by atoms with Crippen molar-refractivity contribution in [2.24, 2.45) is 0 Å². The smallest absolute Gasteiger partial charge is 0.128 e. The summed E-state index contributed by atoms with van der Waals surface area (Å²) in [5, 5.41) is 14.4. The van der Waals surface area contributed by atoms with Gasteiger partial charge in [-0.25, -0.2) is 0 Å². The van der Waals surface area contributed by atoms with E-state index in [0.29, 0.717) is 6.54 Å². The third-order valence-corrected chi connectivity index (χ3v) is 3.92. The molecule has 1 unspecified atom stereocenters. The molecule has 0 aliphatic carbocycles. The van der Waals surface area contributed by atoms with E-state index in [9.17, 15) is 5.11 Å². The number of nitrogens with one attached hydrogen (secondary N) is 2. The van der Waals surface area contributed by atoms with Crippen LogP contribution in [0.5, 0.6) is 5.75 Å². The number of fused-ring (bicyclic) bond motifs is 1. The van der Waals surface area contributed by atoms with Gasteiger partial charge in [-0.15, -0.1) is 0 Å². The molecule has 2 aromatic rings. The van der Waals surface area contributed by atoms with Crippen LogP contribution in [0.1, 0.15) is 19.8 Å². The van der Waals surface area contributed by atoms with E-state index in [1.807, 2.05) is 37.4 Å². The normalized spacial score (nSPS) is 23.5. The molecule has 1 aliphatic rings. The van der Waals surface area contributed by atoms with Gasteiger partial charge in [-0.2, -0.15) is 0 Å². The minimum Gasteiger partial charge on any atom is -0.490 e. The van der Waals surface area contributed by atoms with Crippen LogP contribution in [-0.4, -0.2) is 41.7 Å². The number of aromatic amines is 1. The fourth-order valence-electron chi connectivity index (χ4n) is 2.68. The Balaban J connectivity index is 1.51. The van der Waals surface area contributed by atoms with E-state index in [1.54, 1.807) is 0 Å². The van der Waals surface area contributed by atoms with Gasteiger partial charge >= 0.3 is 0 Å². The van der Waals surface area contributed by atoms with E-state index in [0.717, 1.165) is 36.1 Å². The van der Waals surface area contributed by atoms with Gasteiger partial charge in [-0.3, -0.25) is 5.32 Å². The predicted octanol–water partition coefficient (Wildman–Crippen LogP) is 2.02. The summed E-state index contributed by atoms with van der Waals surface area (Å²) >= 11 is 0. The Hall–Kier alpha value is -1.56. The summed E-state index contributed by atoms with van der Waals surface area (Å²) in [6.45, 7) is 3.52.